The van der Waals surface area contributed by atoms with Crippen molar-refractivity contribution in [2.45, 2.75) is 32.5 Å². The van der Waals surface area contributed by atoms with E-state index in [0.29, 0.717) is 6.61 Å². The van der Waals surface area contributed by atoms with E-state index in [-0.39, 0.29) is 19.3 Å². The second kappa shape index (κ2) is 4.57. The van der Waals surface area contributed by atoms with Gasteiger partial charge in [0.2, 0.25) is 0 Å². The first-order chi connectivity index (χ1) is 8.74. The summed E-state index contributed by atoms with van der Waals surface area (Å²) in [5.41, 5.74) is 7.62. The average molecular weight is 248 g/mol. The fourth-order valence-corrected chi connectivity index (χ4v) is 2.77. The van der Waals surface area contributed by atoms with Gasteiger partial charge in [0.15, 0.2) is 0 Å². The number of rotatable bonds is 2. The van der Waals surface area contributed by atoms with Crippen LogP contribution in [0.4, 0.5) is 0 Å². The van der Waals surface area contributed by atoms with Gasteiger partial charge in [0.1, 0.15) is 25.0 Å². The van der Waals surface area contributed by atoms with Crippen LogP contribution in [0.2, 0.25) is 0 Å². The summed E-state index contributed by atoms with van der Waals surface area (Å²) in [6.45, 7) is 5.46. The Labute approximate surface area is 108 Å². The highest BCUT2D eigenvalue weighted by Crippen LogP contribution is 2.33. The molecule has 2 heterocycles. The SMILES string of the molecule is CCc1ccc2c3c1C(C[NH3+])OB3OC(C)CO2. The minimum absolute atomic E-state index is 0.0359. The predicted molar refractivity (Wildman–Crippen MR) is 68.8 cm³/mol. The largest absolute Gasteiger partial charge is 0.499 e. The molecule has 2 unspecified atom stereocenters. The number of hydrogen-bond donors (Lipinski definition) is 1. The second-order valence-corrected chi connectivity index (χ2v) is 4.91. The fraction of sp³-hybridized carbons (Fsp3) is 0.538. The van der Waals surface area contributed by atoms with Gasteiger partial charge in [0.05, 0.1) is 6.10 Å². The quantitative estimate of drug-likeness (QED) is 0.753. The monoisotopic (exact) mass is 248 g/mol. The molecule has 3 rings (SSSR count). The molecule has 1 aromatic rings. The van der Waals surface area contributed by atoms with Crippen LogP contribution in [0.25, 0.3) is 0 Å². The van der Waals surface area contributed by atoms with Crippen molar-refractivity contribution in [2.24, 2.45) is 0 Å². The van der Waals surface area contributed by atoms with Gasteiger partial charge in [0.25, 0.3) is 0 Å². The Bertz CT molecular complexity index is 466. The summed E-state index contributed by atoms with van der Waals surface area (Å²) in [5.74, 6) is 0.910. The summed E-state index contributed by atoms with van der Waals surface area (Å²) in [6, 6.07) is 4.18. The third-order valence-corrected chi connectivity index (χ3v) is 3.66. The average Bonchev–Trinajstić information content (AvgIpc) is 2.66. The van der Waals surface area contributed by atoms with Gasteiger partial charge in [-0.15, -0.1) is 0 Å². The lowest BCUT2D eigenvalue weighted by Crippen LogP contribution is -2.53. The second-order valence-electron chi connectivity index (χ2n) is 4.91. The van der Waals surface area contributed by atoms with Crippen molar-refractivity contribution >= 4 is 12.6 Å². The van der Waals surface area contributed by atoms with Gasteiger partial charge in [-0.3, -0.25) is 0 Å². The predicted octanol–water partition coefficient (Wildman–Crippen LogP) is 0.0549. The van der Waals surface area contributed by atoms with Gasteiger partial charge in [-0.25, -0.2) is 0 Å². The Morgan fingerprint density at radius 3 is 2.94 bits per heavy atom. The van der Waals surface area contributed by atoms with Crippen molar-refractivity contribution in [2.75, 3.05) is 13.2 Å². The summed E-state index contributed by atoms with van der Waals surface area (Å²) in [7, 11) is -0.286. The van der Waals surface area contributed by atoms with Crippen LogP contribution in [0.15, 0.2) is 12.1 Å². The van der Waals surface area contributed by atoms with E-state index in [1.807, 2.05) is 13.0 Å². The first kappa shape index (κ1) is 12.0. The third kappa shape index (κ3) is 1.74. The van der Waals surface area contributed by atoms with Crippen LogP contribution in [-0.4, -0.2) is 26.4 Å². The number of hydrogen-bond acceptors (Lipinski definition) is 3. The Kier molecular flexibility index (Phi) is 3.05. The van der Waals surface area contributed by atoms with Crippen LogP contribution < -0.4 is 15.9 Å². The number of aryl methyl sites for hydroxylation is 1. The molecule has 0 saturated heterocycles. The molecule has 18 heavy (non-hydrogen) atoms. The van der Waals surface area contributed by atoms with Crippen LogP contribution in [0.1, 0.15) is 31.1 Å². The number of ether oxygens (including phenoxy) is 1. The van der Waals surface area contributed by atoms with Gasteiger partial charge in [-0.1, -0.05) is 13.0 Å². The normalized spacial score (nSPS) is 25.6. The van der Waals surface area contributed by atoms with E-state index in [0.717, 1.165) is 24.2 Å². The molecule has 5 heteroatoms. The Morgan fingerprint density at radius 2 is 2.22 bits per heavy atom. The van der Waals surface area contributed by atoms with Crippen molar-refractivity contribution in [1.82, 2.24) is 0 Å². The molecule has 0 amide bonds. The smallest absolute Gasteiger partial charge is 0.491 e. The molecule has 96 valence electrons. The minimum atomic E-state index is -0.286. The summed E-state index contributed by atoms with van der Waals surface area (Å²) in [4.78, 5) is 0. The van der Waals surface area contributed by atoms with Crippen molar-refractivity contribution < 1.29 is 19.8 Å². The molecule has 0 fully saturated rings. The Hall–Kier alpha value is -1.04. The maximum absolute atomic E-state index is 5.99. The van der Waals surface area contributed by atoms with Crippen molar-refractivity contribution in [1.29, 1.82) is 0 Å². The van der Waals surface area contributed by atoms with E-state index in [9.17, 15) is 0 Å². The molecule has 4 nitrogen and oxygen atoms in total. The lowest BCUT2D eigenvalue weighted by Gasteiger charge is -2.16. The lowest BCUT2D eigenvalue weighted by molar-refractivity contribution is -0.383. The molecular formula is C13H19BNO3+. The highest BCUT2D eigenvalue weighted by Gasteiger charge is 2.44. The van der Waals surface area contributed by atoms with E-state index >= 15 is 0 Å². The van der Waals surface area contributed by atoms with E-state index in [4.69, 9.17) is 14.0 Å². The topological polar surface area (TPSA) is 55.3 Å². The number of benzene rings is 1. The van der Waals surface area contributed by atoms with Gasteiger partial charge < -0.3 is 19.8 Å². The molecule has 0 saturated carbocycles. The molecule has 0 aliphatic carbocycles. The van der Waals surface area contributed by atoms with Crippen LogP contribution in [0.3, 0.4) is 0 Å². The summed E-state index contributed by atoms with van der Waals surface area (Å²) < 4.78 is 17.7. The van der Waals surface area contributed by atoms with Gasteiger partial charge >= 0.3 is 7.12 Å². The van der Waals surface area contributed by atoms with E-state index < -0.39 is 0 Å². The summed E-state index contributed by atoms with van der Waals surface area (Å²) in [5, 5.41) is 0. The molecule has 2 aliphatic rings. The molecule has 2 aliphatic heterocycles. The fourth-order valence-electron chi connectivity index (χ4n) is 2.77. The highest BCUT2D eigenvalue weighted by atomic mass is 16.6. The molecule has 0 aromatic heterocycles. The van der Waals surface area contributed by atoms with Crippen LogP contribution in [0.5, 0.6) is 5.75 Å². The zero-order valence-corrected chi connectivity index (χ0v) is 10.9. The first-order valence-electron chi connectivity index (χ1n) is 6.63. The van der Waals surface area contributed by atoms with Crippen LogP contribution in [-0.2, 0) is 15.7 Å². The van der Waals surface area contributed by atoms with Crippen molar-refractivity contribution in [3.8, 4) is 5.75 Å². The Morgan fingerprint density at radius 1 is 1.39 bits per heavy atom. The summed E-state index contributed by atoms with van der Waals surface area (Å²) in [6.07, 6.45) is 1.07. The van der Waals surface area contributed by atoms with Crippen molar-refractivity contribution in [3.63, 3.8) is 0 Å². The van der Waals surface area contributed by atoms with Gasteiger partial charge in [0, 0.05) is 5.46 Å². The molecular weight excluding hydrogens is 229 g/mol. The molecule has 0 bridgehead atoms. The van der Waals surface area contributed by atoms with Crippen LogP contribution >= 0.6 is 0 Å². The minimum Gasteiger partial charge on any atom is -0.491 e. The summed E-state index contributed by atoms with van der Waals surface area (Å²) >= 11 is 0. The molecule has 0 radical (unpaired) electrons. The first-order valence-corrected chi connectivity index (χ1v) is 6.63. The molecule has 0 spiro atoms. The third-order valence-electron chi connectivity index (χ3n) is 3.66. The van der Waals surface area contributed by atoms with Crippen molar-refractivity contribution in [3.05, 3.63) is 23.3 Å². The van der Waals surface area contributed by atoms with E-state index in [2.05, 4.69) is 18.7 Å². The molecule has 3 N–H and O–H groups in total. The van der Waals surface area contributed by atoms with Gasteiger partial charge in [-0.05, 0) is 30.5 Å². The zero-order chi connectivity index (χ0) is 12.7. The zero-order valence-electron chi connectivity index (χ0n) is 10.9. The standard InChI is InChI=1S/C13H18BNO3/c1-3-9-4-5-10-13-12(9)11(6-15)18-14(13)17-8(2)7-16-10/h4-5,8,11H,3,6-7,15H2,1-2H3/p+1. The van der Waals surface area contributed by atoms with Crippen LogP contribution in [0, 0.1) is 0 Å². The lowest BCUT2D eigenvalue weighted by atomic mass is 9.76. The maximum Gasteiger partial charge on any atom is 0.499 e. The highest BCUT2D eigenvalue weighted by molar-refractivity contribution is 6.64. The Balaban J connectivity index is 2.14. The van der Waals surface area contributed by atoms with Gasteiger partial charge in [-0.2, -0.15) is 0 Å². The van der Waals surface area contributed by atoms with E-state index in [1.54, 1.807) is 0 Å². The van der Waals surface area contributed by atoms with E-state index in [1.165, 1.54) is 11.1 Å². The molecule has 1 aromatic carbocycles. The maximum atomic E-state index is 5.99. The molecule has 2 atom stereocenters. The number of quaternary nitrogens is 1.